The van der Waals surface area contributed by atoms with E-state index in [-0.39, 0.29) is 11.5 Å². The van der Waals surface area contributed by atoms with Crippen molar-refractivity contribution in [3.05, 3.63) is 39.7 Å². The van der Waals surface area contributed by atoms with E-state index in [2.05, 4.69) is 15.4 Å². The van der Waals surface area contributed by atoms with Crippen molar-refractivity contribution < 1.29 is 9.66 Å². The number of nitro groups is 1. The molecule has 8 heteroatoms. The number of aryl methyl sites for hydroxylation is 1. The molecular formula is C12H15N5O3. The van der Waals surface area contributed by atoms with Crippen molar-refractivity contribution >= 4 is 11.5 Å². The number of methoxy groups -OCH3 is 1. The summed E-state index contributed by atoms with van der Waals surface area (Å²) in [5.41, 5.74) is 1.85. The highest BCUT2D eigenvalue weighted by Gasteiger charge is 2.16. The van der Waals surface area contributed by atoms with Gasteiger partial charge in [0.25, 0.3) is 0 Å². The molecule has 0 saturated heterocycles. The minimum Gasteiger partial charge on any atom is -0.481 e. The third kappa shape index (κ3) is 2.68. The molecule has 0 atom stereocenters. The summed E-state index contributed by atoms with van der Waals surface area (Å²) in [7, 11) is 3.30. The molecule has 0 saturated carbocycles. The van der Waals surface area contributed by atoms with Crippen LogP contribution in [0.1, 0.15) is 11.3 Å². The van der Waals surface area contributed by atoms with E-state index < -0.39 is 4.92 Å². The predicted molar refractivity (Wildman–Crippen MR) is 72.7 cm³/mol. The summed E-state index contributed by atoms with van der Waals surface area (Å²) in [6.45, 7) is 2.33. The van der Waals surface area contributed by atoms with Crippen LogP contribution in [0.2, 0.25) is 0 Å². The van der Waals surface area contributed by atoms with Gasteiger partial charge in [0.15, 0.2) is 0 Å². The molecule has 20 heavy (non-hydrogen) atoms. The molecule has 0 unspecified atom stereocenters. The average molecular weight is 277 g/mol. The SMILES string of the molecule is COc1ccc([N+](=O)[O-])c(NCc2cnn(C)c2C)n1. The number of rotatable bonds is 5. The first kappa shape index (κ1) is 13.8. The summed E-state index contributed by atoms with van der Waals surface area (Å²) in [4.78, 5) is 14.6. The van der Waals surface area contributed by atoms with Gasteiger partial charge >= 0.3 is 5.69 Å². The Morgan fingerprint density at radius 2 is 2.25 bits per heavy atom. The molecule has 2 heterocycles. The molecule has 0 aliphatic heterocycles. The molecule has 2 rings (SSSR count). The van der Waals surface area contributed by atoms with Gasteiger partial charge in [0, 0.05) is 37.0 Å². The summed E-state index contributed by atoms with van der Waals surface area (Å²) in [6.07, 6.45) is 1.72. The number of aromatic nitrogens is 3. The maximum Gasteiger partial charge on any atom is 0.311 e. The highest BCUT2D eigenvalue weighted by molar-refractivity contribution is 5.57. The number of anilines is 1. The molecule has 106 valence electrons. The lowest BCUT2D eigenvalue weighted by Crippen LogP contribution is -2.06. The second kappa shape index (κ2) is 5.55. The zero-order valence-electron chi connectivity index (χ0n) is 11.5. The van der Waals surface area contributed by atoms with Crippen LogP contribution in [0.4, 0.5) is 11.5 Å². The summed E-state index contributed by atoms with van der Waals surface area (Å²) < 4.78 is 6.72. The van der Waals surface area contributed by atoms with E-state index in [9.17, 15) is 10.1 Å². The van der Waals surface area contributed by atoms with Crippen LogP contribution in [0.15, 0.2) is 18.3 Å². The zero-order valence-corrected chi connectivity index (χ0v) is 11.5. The monoisotopic (exact) mass is 277 g/mol. The molecule has 0 aliphatic carbocycles. The Labute approximate surface area is 115 Å². The van der Waals surface area contributed by atoms with Gasteiger partial charge in [0.2, 0.25) is 11.7 Å². The lowest BCUT2D eigenvalue weighted by molar-refractivity contribution is -0.384. The second-order valence-corrected chi connectivity index (χ2v) is 4.21. The third-order valence-corrected chi connectivity index (χ3v) is 3.04. The van der Waals surface area contributed by atoms with E-state index in [4.69, 9.17) is 4.74 Å². The molecule has 0 bridgehead atoms. The minimum absolute atomic E-state index is 0.0904. The number of hydrogen-bond acceptors (Lipinski definition) is 6. The Bertz CT molecular complexity index is 638. The molecule has 2 aromatic heterocycles. The maximum atomic E-state index is 11.0. The predicted octanol–water partition coefficient (Wildman–Crippen LogP) is 1.65. The van der Waals surface area contributed by atoms with Crippen molar-refractivity contribution in [3.8, 4) is 5.88 Å². The maximum absolute atomic E-state index is 11.0. The van der Waals surface area contributed by atoms with Crippen LogP contribution in [-0.4, -0.2) is 26.8 Å². The lowest BCUT2D eigenvalue weighted by atomic mass is 10.2. The van der Waals surface area contributed by atoms with Gasteiger partial charge in [-0.15, -0.1) is 0 Å². The Balaban J connectivity index is 2.23. The first-order chi connectivity index (χ1) is 9.52. The quantitative estimate of drug-likeness (QED) is 0.659. The van der Waals surface area contributed by atoms with Gasteiger partial charge in [-0.3, -0.25) is 14.8 Å². The fourth-order valence-electron chi connectivity index (χ4n) is 1.72. The van der Waals surface area contributed by atoms with Gasteiger partial charge in [0.05, 0.1) is 18.2 Å². The van der Waals surface area contributed by atoms with Crippen molar-refractivity contribution in [3.63, 3.8) is 0 Å². The van der Waals surface area contributed by atoms with E-state index in [0.29, 0.717) is 12.4 Å². The molecule has 0 amide bonds. The Kier molecular flexibility index (Phi) is 3.83. The van der Waals surface area contributed by atoms with Gasteiger partial charge < -0.3 is 10.1 Å². The topological polar surface area (TPSA) is 95.1 Å². The molecule has 2 aromatic rings. The number of hydrogen-bond donors (Lipinski definition) is 1. The van der Waals surface area contributed by atoms with Crippen LogP contribution in [0.3, 0.4) is 0 Å². The van der Waals surface area contributed by atoms with Crippen molar-refractivity contribution in [1.29, 1.82) is 0 Å². The second-order valence-electron chi connectivity index (χ2n) is 4.21. The third-order valence-electron chi connectivity index (χ3n) is 3.04. The van der Waals surface area contributed by atoms with Gasteiger partial charge in [-0.05, 0) is 6.92 Å². The molecule has 8 nitrogen and oxygen atoms in total. The molecule has 0 spiro atoms. The highest BCUT2D eigenvalue weighted by atomic mass is 16.6. The summed E-state index contributed by atoms with van der Waals surface area (Å²) >= 11 is 0. The minimum atomic E-state index is -0.481. The number of ether oxygens (including phenoxy) is 1. The standard InChI is InChI=1S/C12H15N5O3/c1-8-9(7-14-16(8)2)6-13-12-10(17(18)19)4-5-11(15-12)20-3/h4-5,7H,6H2,1-3H3,(H,13,15). The average Bonchev–Trinajstić information content (AvgIpc) is 2.76. The number of pyridine rings is 1. The Hall–Kier alpha value is -2.64. The lowest BCUT2D eigenvalue weighted by Gasteiger charge is -2.07. The molecule has 0 aromatic carbocycles. The fraction of sp³-hybridized carbons (Fsp3) is 0.333. The number of nitrogens with one attached hydrogen (secondary N) is 1. The van der Waals surface area contributed by atoms with Gasteiger partial charge in [-0.1, -0.05) is 0 Å². The first-order valence-electron chi connectivity index (χ1n) is 5.93. The zero-order chi connectivity index (χ0) is 14.7. The van der Waals surface area contributed by atoms with Crippen LogP contribution in [0.25, 0.3) is 0 Å². The van der Waals surface area contributed by atoms with Crippen LogP contribution in [-0.2, 0) is 13.6 Å². The van der Waals surface area contributed by atoms with Crippen molar-refractivity contribution in [2.45, 2.75) is 13.5 Å². The van der Waals surface area contributed by atoms with E-state index in [0.717, 1.165) is 11.3 Å². The van der Waals surface area contributed by atoms with E-state index in [1.54, 1.807) is 10.9 Å². The molecule has 0 fully saturated rings. The fourth-order valence-corrected chi connectivity index (χ4v) is 1.72. The van der Waals surface area contributed by atoms with Crippen molar-refractivity contribution in [1.82, 2.24) is 14.8 Å². The van der Waals surface area contributed by atoms with Crippen LogP contribution < -0.4 is 10.1 Å². The van der Waals surface area contributed by atoms with Crippen LogP contribution >= 0.6 is 0 Å². The number of nitrogens with zero attached hydrogens (tertiary/aromatic N) is 4. The Morgan fingerprint density at radius 1 is 1.50 bits per heavy atom. The highest BCUT2D eigenvalue weighted by Crippen LogP contribution is 2.25. The van der Waals surface area contributed by atoms with Crippen LogP contribution in [0.5, 0.6) is 5.88 Å². The normalized spacial score (nSPS) is 10.3. The van der Waals surface area contributed by atoms with Gasteiger partial charge in [0.1, 0.15) is 0 Å². The molecule has 0 radical (unpaired) electrons. The first-order valence-corrected chi connectivity index (χ1v) is 5.93. The van der Waals surface area contributed by atoms with Gasteiger partial charge in [-0.2, -0.15) is 10.1 Å². The summed E-state index contributed by atoms with van der Waals surface area (Å²) in [5, 5.41) is 18.0. The molecular weight excluding hydrogens is 262 g/mol. The van der Waals surface area contributed by atoms with Gasteiger partial charge in [-0.25, -0.2) is 0 Å². The Morgan fingerprint density at radius 3 is 2.80 bits per heavy atom. The van der Waals surface area contributed by atoms with Crippen molar-refractivity contribution in [2.24, 2.45) is 7.05 Å². The van der Waals surface area contributed by atoms with Crippen LogP contribution in [0, 0.1) is 17.0 Å². The molecule has 0 aliphatic rings. The van der Waals surface area contributed by atoms with E-state index in [1.807, 2.05) is 14.0 Å². The summed E-state index contributed by atoms with van der Waals surface area (Å²) in [5.74, 6) is 0.499. The largest absolute Gasteiger partial charge is 0.481 e. The smallest absolute Gasteiger partial charge is 0.311 e. The van der Waals surface area contributed by atoms with E-state index in [1.165, 1.54) is 19.2 Å². The molecule has 1 N–H and O–H groups in total. The van der Waals surface area contributed by atoms with Crippen molar-refractivity contribution in [2.75, 3.05) is 12.4 Å². The van der Waals surface area contributed by atoms with E-state index >= 15 is 0 Å². The summed E-state index contributed by atoms with van der Waals surface area (Å²) in [6, 6.07) is 2.82.